The topological polar surface area (TPSA) is 33.1 Å². The largest absolute Gasteiger partial charge is 0.392 e. The number of rotatable bonds is 3. The normalized spacial score (nSPS) is 32.3. The number of thiazole rings is 1. The summed E-state index contributed by atoms with van der Waals surface area (Å²) in [4.78, 5) is 4.68. The molecule has 2 aliphatic carbocycles. The van der Waals surface area contributed by atoms with Crippen LogP contribution in [-0.4, -0.2) is 16.2 Å². The third kappa shape index (κ3) is 2.48. The van der Waals surface area contributed by atoms with E-state index in [9.17, 15) is 5.11 Å². The minimum Gasteiger partial charge on any atom is -0.392 e. The van der Waals surface area contributed by atoms with Gasteiger partial charge in [-0.3, -0.25) is 0 Å². The molecule has 0 saturated heterocycles. The fourth-order valence-electron chi connectivity index (χ4n) is 3.17. The first-order valence-corrected chi connectivity index (χ1v) is 7.94. The van der Waals surface area contributed by atoms with E-state index < -0.39 is 0 Å². The van der Waals surface area contributed by atoms with E-state index in [4.69, 9.17) is 0 Å². The van der Waals surface area contributed by atoms with Crippen LogP contribution in [0.1, 0.15) is 50.7 Å². The van der Waals surface area contributed by atoms with Crippen LogP contribution in [0, 0.1) is 17.8 Å². The minimum absolute atomic E-state index is 0.120. The standard InChI is InChI=1S/C15H23NOS/c1-15(2,3)13-8-18-14(16-13)7-12(17)11-5-9-4-10(9)6-11/h8-12,17H,4-7H2,1-3H3. The van der Waals surface area contributed by atoms with Gasteiger partial charge >= 0.3 is 0 Å². The third-order valence-electron chi connectivity index (χ3n) is 4.53. The number of nitrogens with zero attached hydrogens (tertiary/aromatic N) is 1. The summed E-state index contributed by atoms with van der Waals surface area (Å²) in [6.45, 7) is 6.56. The molecule has 3 unspecified atom stereocenters. The van der Waals surface area contributed by atoms with Gasteiger partial charge in [-0.05, 0) is 37.0 Å². The molecule has 3 rings (SSSR count). The summed E-state index contributed by atoms with van der Waals surface area (Å²) in [5.74, 6) is 2.44. The molecule has 18 heavy (non-hydrogen) atoms. The number of aliphatic hydroxyl groups is 1. The average Bonchev–Trinajstić information content (AvgIpc) is 2.75. The van der Waals surface area contributed by atoms with Crippen molar-refractivity contribution in [2.24, 2.45) is 17.8 Å². The third-order valence-corrected chi connectivity index (χ3v) is 5.40. The van der Waals surface area contributed by atoms with Gasteiger partial charge in [-0.1, -0.05) is 20.8 Å². The van der Waals surface area contributed by atoms with Crippen LogP contribution in [0.15, 0.2) is 5.38 Å². The number of aliphatic hydroxyl groups excluding tert-OH is 1. The zero-order valence-electron chi connectivity index (χ0n) is 11.5. The van der Waals surface area contributed by atoms with Gasteiger partial charge in [0, 0.05) is 17.2 Å². The first kappa shape index (κ1) is 12.6. The molecule has 0 spiro atoms. The van der Waals surface area contributed by atoms with Crippen molar-refractivity contribution in [1.29, 1.82) is 0 Å². The van der Waals surface area contributed by atoms with E-state index in [-0.39, 0.29) is 11.5 Å². The Kier molecular flexibility index (Phi) is 3.02. The molecular weight excluding hydrogens is 242 g/mol. The highest BCUT2D eigenvalue weighted by Crippen LogP contribution is 2.55. The van der Waals surface area contributed by atoms with Crippen molar-refractivity contribution in [1.82, 2.24) is 4.98 Å². The van der Waals surface area contributed by atoms with E-state index in [1.165, 1.54) is 19.3 Å². The van der Waals surface area contributed by atoms with Crippen molar-refractivity contribution in [2.45, 2.75) is 58.0 Å². The van der Waals surface area contributed by atoms with Gasteiger partial charge in [0.25, 0.3) is 0 Å². The summed E-state index contributed by atoms with van der Waals surface area (Å²) in [5.41, 5.74) is 1.28. The van der Waals surface area contributed by atoms with Gasteiger partial charge in [0.15, 0.2) is 0 Å². The van der Waals surface area contributed by atoms with Crippen LogP contribution in [-0.2, 0) is 11.8 Å². The van der Waals surface area contributed by atoms with Crippen LogP contribution < -0.4 is 0 Å². The van der Waals surface area contributed by atoms with Crippen molar-refractivity contribution >= 4 is 11.3 Å². The lowest BCUT2D eigenvalue weighted by Gasteiger charge is -2.18. The summed E-state index contributed by atoms with van der Waals surface area (Å²) >= 11 is 1.70. The van der Waals surface area contributed by atoms with Gasteiger partial charge in [-0.15, -0.1) is 11.3 Å². The lowest BCUT2D eigenvalue weighted by molar-refractivity contribution is 0.104. The van der Waals surface area contributed by atoms with Crippen molar-refractivity contribution in [3.05, 3.63) is 16.1 Å². The Hall–Kier alpha value is -0.410. The van der Waals surface area contributed by atoms with Crippen molar-refractivity contribution in [3.63, 3.8) is 0 Å². The Balaban J connectivity index is 1.60. The summed E-state index contributed by atoms with van der Waals surface area (Å²) in [7, 11) is 0. The number of hydrogen-bond donors (Lipinski definition) is 1. The van der Waals surface area contributed by atoms with E-state index in [1.54, 1.807) is 11.3 Å². The van der Waals surface area contributed by atoms with E-state index >= 15 is 0 Å². The molecule has 1 aromatic heterocycles. The predicted octanol–water partition coefficient (Wildman–Crippen LogP) is 3.39. The van der Waals surface area contributed by atoms with E-state index in [0.29, 0.717) is 5.92 Å². The van der Waals surface area contributed by atoms with E-state index in [1.807, 2.05) is 0 Å². The highest BCUT2D eigenvalue weighted by Gasteiger charge is 2.47. The summed E-state index contributed by atoms with van der Waals surface area (Å²) in [5, 5.41) is 13.6. The van der Waals surface area contributed by atoms with Crippen molar-refractivity contribution in [2.75, 3.05) is 0 Å². The van der Waals surface area contributed by atoms with E-state index in [0.717, 1.165) is 29.0 Å². The maximum absolute atomic E-state index is 10.3. The van der Waals surface area contributed by atoms with Crippen molar-refractivity contribution in [3.8, 4) is 0 Å². The second-order valence-electron chi connectivity index (χ2n) is 7.14. The summed E-state index contributed by atoms with van der Waals surface area (Å²) in [6.07, 6.45) is 4.52. The second-order valence-corrected chi connectivity index (χ2v) is 8.08. The Labute approximate surface area is 113 Å². The van der Waals surface area contributed by atoms with E-state index in [2.05, 4.69) is 31.1 Å². The number of aromatic nitrogens is 1. The molecule has 1 heterocycles. The Bertz CT molecular complexity index is 424. The Morgan fingerprint density at radius 2 is 2.00 bits per heavy atom. The maximum atomic E-state index is 10.3. The first-order valence-electron chi connectivity index (χ1n) is 7.06. The summed E-state index contributed by atoms with van der Waals surface area (Å²) in [6, 6.07) is 0. The molecule has 0 aliphatic heterocycles. The summed E-state index contributed by atoms with van der Waals surface area (Å²) < 4.78 is 0. The molecule has 100 valence electrons. The van der Waals surface area contributed by atoms with Gasteiger partial charge in [0.05, 0.1) is 16.8 Å². The van der Waals surface area contributed by atoms with Crippen molar-refractivity contribution < 1.29 is 5.11 Å². The smallest absolute Gasteiger partial charge is 0.0954 e. The quantitative estimate of drug-likeness (QED) is 0.908. The molecule has 2 saturated carbocycles. The zero-order valence-corrected chi connectivity index (χ0v) is 12.3. The minimum atomic E-state index is -0.170. The van der Waals surface area contributed by atoms with Crippen LogP contribution in [0.3, 0.4) is 0 Å². The molecule has 0 radical (unpaired) electrons. The number of hydrogen-bond acceptors (Lipinski definition) is 3. The lowest BCUT2D eigenvalue weighted by atomic mass is 9.93. The van der Waals surface area contributed by atoms with Crippen LogP contribution in [0.2, 0.25) is 0 Å². The average molecular weight is 265 g/mol. The van der Waals surface area contributed by atoms with Gasteiger partial charge in [0.1, 0.15) is 0 Å². The Morgan fingerprint density at radius 1 is 1.33 bits per heavy atom. The SMILES string of the molecule is CC(C)(C)c1csc(CC(O)C2CC3CC3C2)n1. The molecule has 2 aliphatic rings. The molecule has 1 N–H and O–H groups in total. The highest BCUT2D eigenvalue weighted by atomic mass is 32.1. The predicted molar refractivity (Wildman–Crippen MR) is 74.8 cm³/mol. The highest BCUT2D eigenvalue weighted by molar-refractivity contribution is 7.09. The molecule has 0 aromatic carbocycles. The van der Waals surface area contributed by atoms with Gasteiger partial charge in [0.2, 0.25) is 0 Å². The zero-order chi connectivity index (χ0) is 12.9. The van der Waals surface area contributed by atoms with Gasteiger partial charge in [-0.2, -0.15) is 0 Å². The van der Waals surface area contributed by atoms with Gasteiger partial charge < -0.3 is 5.11 Å². The molecule has 1 aromatic rings. The Morgan fingerprint density at radius 3 is 2.56 bits per heavy atom. The second kappa shape index (κ2) is 4.31. The molecular formula is C15H23NOS. The molecule has 0 bridgehead atoms. The van der Waals surface area contributed by atoms with Crippen LogP contribution in [0.25, 0.3) is 0 Å². The molecule has 2 fully saturated rings. The molecule has 3 heteroatoms. The molecule has 2 nitrogen and oxygen atoms in total. The van der Waals surface area contributed by atoms with Crippen LogP contribution in [0.4, 0.5) is 0 Å². The first-order chi connectivity index (χ1) is 8.43. The fourth-order valence-corrected chi connectivity index (χ4v) is 4.24. The monoisotopic (exact) mass is 265 g/mol. The van der Waals surface area contributed by atoms with Gasteiger partial charge in [-0.25, -0.2) is 4.98 Å². The number of fused-ring (bicyclic) bond motifs is 1. The van der Waals surface area contributed by atoms with Crippen LogP contribution in [0.5, 0.6) is 0 Å². The fraction of sp³-hybridized carbons (Fsp3) is 0.800. The maximum Gasteiger partial charge on any atom is 0.0954 e. The van der Waals surface area contributed by atoms with Crippen LogP contribution >= 0.6 is 11.3 Å². The molecule has 3 atom stereocenters. The molecule has 0 amide bonds. The lowest BCUT2D eigenvalue weighted by Crippen LogP contribution is -2.22.